The van der Waals surface area contributed by atoms with Crippen LogP contribution in [0.25, 0.3) is 0 Å². The third-order valence-electron chi connectivity index (χ3n) is 0.839. The highest BCUT2D eigenvalue weighted by atomic mass is 16.5. The molecule has 0 rings (SSSR count). The summed E-state index contributed by atoms with van der Waals surface area (Å²) in [6, 6.07) is 0. The predicted octanol–water partition coefficient (Wildman–Crippen LogP) is 0.158. The zero-order chi connectivity index (χ0) is 8.15. The second-order valence-corrected chi connectivity index (χ2v) is 1.87. The maximum absolute atomic E-state index is 10.6. The van der Waals surface area contributed by atoms with Crippen molar-refractivity contribution in [1.82, 2.24) is 0 Å². The molecule has 0 atom stereocenters. The minimum atomic E-state index is -0.883. The van der Waals surface area contributed by atoms with Gasteiger partial charge in [0.1, 0.15) is 0 Å². The number of esters is 1. The van der Waals surface area contributed by atoms with Gasteiger partial charge < -0.3 is 10.1 Å². The van der Waals surface area contributed by atoms with Gasteiger partial charge in [0.05, 0.1) is 13.5 Å². The van der Waals surface area contributed by atoms with E-state index in [1.807, 2.05) is 0 Å². The van der Waals surface area contributed by atoms with E-state index in [9.17, 15) is 9.59 Å². The average Bonchev–Trinajstić information content (AvgIpc) is 1.85. The molecule has 0 spiro atoms. The summed E-state index contributed by atoms with van der Waals surface area (Å²) in [5.74, 6) is -1.55. The normalized spacial score (nSPS) is 8.60. The molecule has 0 unspecified atom stereocenters. The highest BCUT2D eigenvalue weighted by molar-refractivity contribution is 6.37. The molecule has 0 bridgehead atoms. The first kappa shape index (κ1) is 8.81. The van der Waals surface area contributed by atoms with E-state index in [4.69, 9.17) is 5.41 Å². The number of ether oxygens (including phenoxy) is 1. The monoisotopic (exact) mass is 143 g/mol. The average molecular weight is 143 g/mol. The molecule has 1 N–H and O–H groups in total. The number of Topliss-reactive ketones (excluding diaryl/α,β-unsaturated/α-hetero) is 1. The SMILES string of the molecule is COC(=O)C(=O)CC(C)=N. The molecule has 0 fully saturated rings. The summed E-state index contributed by atoms with van der Waals surface area (Å²) >= 11 is 0. The van der Waals surface area contributed by atoms with E-state index in [0.717, 1.165) is 7.11 Å². The minimum Gasteiger partial charge on any atom is -0.463 e. The predicted molar refractivity (Wildman–Crippen MR) is 35.0 cm³/mol. The summed E-state index contributed by atoms with van der Waals surface area (Å²) in [7, 11) is 1.14. The molecule has 0 amide bonds. The quantitative estimate of drug-likeness (QED) is 0.347. The Balaban J connectivity index is 3.86. The van der Waals surface area contributed by atoms with Crippen molar-refractivity contribution in [3.63, 3.8) is 0 Å². The van der Waals surface area contributed by atoms with Crippen LogP contribution in [0.5, 0.6) is 0 Å². The molecule has 0 saturated heterocycles. The molecule has 10 heavy (non-hydrogen) atoms. The van der Waals surface area contributed by atoms with E-state index in [0.29, 0.717) is 0 Å². The first-order valence-electron chi connectivity index (χ1n) is 2.73. The van der Waals surface area contributed by atoms with E-state index >= 15 is 0 Å². The number of rotatable bonds is 3. The summed E-state index contributed by atoms with van der Waals surface area (Å²) in [6.07, 6.45) is -0.146. The number of carbonyl (C=O) groups is 2. The Hall–Kier alpha value is -1.19. The second kappa shape index (κ2) is 3.76. The van der Waals surface area contributed by atoms with Gasteiger partial charge in [-0.3, -0.25) is 4.79 Å². The molecule has 0 aliphatic heterocycles. The molecular weight excluding hydrogens is 134 g/mol. The molecule has 0 saturated carbocycles. The molecule has 0 radical (unpaired) electrons. The van der Waals surface area contributed by atoms with Gasteiger partial charge in [0.2, 0.25) is 5.78 Å². The van der Waals surface area contributed by atoms with Gasteiger partial charge in [0.15, 0.2) is 0 Å². The Morgan fingerprint density at radius 3 is 2.30 bits per heavy atom. The molecule has 4 heteroatoms. The number of methoxy groups -OCH3 is 1. The zero-order valence-electron chi connectivity index (χ0n) is 5.93. The van der Waals surface area contributed by atoms with E-state index < -0.39 is 11.8 Å². The molecular formula is C6H9NO3. The van der Waals surface area contributed by atoms with Crippen LogP contribution >= 0.6 is 0 Å². The molecule has 0 aromatic heterocycles. The topological polar surface area (TPSA) is 67.2 Å². The third kappa shape index (κ3) is 2.96. The standard InChI is InChI=1S/C6H9NO3/c1-4(7)3-5(8)6(9)10-2/h7H,3H2,1-2H3. The first-order valence-corrected chi connectivity index (χ1v) is 2.73. The van der Waals surface area contributed by atoms with Crippen molar-refractivity contribution in [2.75, 3.05) is 7.11 Å². The van der Waals surface area contributed by atoms with Crippen molar-refractivity contribution < 1.29 is 14.3 Å². The summed E-state index contributed by atoms with van der Waals surface area (Å²) in [5.41, 5.74) is 0.162. The Labute approximate surface area is 58.7 Å². The van der Waals surface area contributed by atoms with Crippen LogP contribution in [0, 0.1) is 5.41 Å². The summed E-state index contributed by atoms with van der Waals surface area (Å²) in [4.78, 5) is 20.9. The summed E-state index contributed by atoms with van der Waals surface area (Å²) in [6.45, 7) is 1.46. The highest BCUT2D eigenvalue weighted by Crippen LogP contribution is 1.87. The van der Waals surface area contributed by atoms with E-state index in [1.165, 1.54) is 6.92 Å². The molecule has 56 valence electrons. The Morgan fingerprint density at radius 2 is 2.00 bits per heavy atom. The maximum atomic E-state index is 10.6. The van der Waals surface area contributed by atoms with Crippen LogP contribution in [0.2, 0.25) is 0 Å². The van der Waals surface area contributed by atoms with E-state index in [1.54, 1.807) is 0 Å². The van der Waals surface area contributed by atoms with Crippen molar-refractivity contribution in [2.24, 2.45) is 0 Å². The maximum Gasteiger partial charge on any atom is 0.374 e. The Kier molecular flexibility index (Phi) is 3.32. The van der Waals surface area contributed by atoms with Crippen LogP contribution < -0.4 is 0 Å². The van der Waals surface area contributed by atoms with Crippen molar-refractivity contribution in [3.8, 4) is 0 Å². The minimum absolute atomic E-state index is 0.146. The number of hydrogen-bond donors (Lipinski definition) is 1. The largest absolute Gasteiger partial charge is 0.463 e. The smallest absolute Gasteiger partial charge is 0.374 e. The van der Waals surface area contributed by atoms with Crippen molar-refractivity contribution in [1.29, 1.82) is 5.41 Å². The first-order chi connectivity index (χ1) is 4.57. The fraction of sp³-hybridized carbons (Fsp3) is 0.500. The van der Waals surface area contributed by atoms with E-state index in [2.05, 4.69) is 4.74 Å². The van der Waals surface area contributed by atoms with Crippen molar-refractivity contribution in [2.45, 2.75) is 13.3 Å². The van der Waals surface area contributed by atoms with Gasteiger partial charge in [0, 0.05) is 5.71 Å². The molecule has 0 aliphatic rings. The fourth-order valence-electron chi connectivity index (χ4n) is 0.427. The highest BCUT2D eigenvalue weighted by Gasteiger charge is 2.13. The molecule has 0 heterocycles. The van der Waals surface area contributed by atoms with Gasteiger partial charge in [-0.15, -0.1) is 0 Å². The van der Waals surface area contributed by atoms with Gasteiger partial charge in [-0.1, -0.05) is 0 Å². The lowest BCUT2D eigenvalue weighted by molar-refractivity contribution is -0.151. The van der Waals surface area contributed by atoms with Gasteiger partial charge >= 0.3 is 5.97 Å². The molecule has 4 nitrogen and oxygen atoms in total. The summed E-state index contributed by atoms with van der Waals surface area (Å²) < 4.78 is 4.13. The number of ketones is 1. The van der Waals surface area contributed by atoms with Crippen molar-refractivity contribution in [3.05, 3.63) is 0 Å². The fourth-order valence-corrected chi connectivity index (χ4v) is 0.427. The molecule has 0 aliphatic carbocycles. The van der Waals surface area contributed by atoms with Crippen molar-refractivity contribution >= 4 is 17.5 Å². The van der Waals surface area contributed by atoms with Crippen LogP contribution in [0.1, 0.15) is 13.3 Å². The third-order valence-corrected chi connectivity index (χ3v) is 0.839. The summed E-state index contributed by atoms with van der Waals surface area (Å²) in [5, 5.41) is 6.86. The van der Waals surface area contributed by atoms with Crippen LogP contribution in [0.15, 0.2) is 0 Å². The van der Waals surface area contributed by atoms with Gasteiger partial charge in [-0.25, -0.2) is 4.79 Å². The zero-order valence-corrected chi connectivity index (χ0v) is 5.93. The number of nitrogens with one attached hydrogen (secondary N) is 1. The van der Waals surface area contributed by atoms with Gasteiger partial charge in [0.25, 0.3) is 0 Å². The lowest BCUT2D eigenvalue weighted by atomic mass is 10.2. The van der Waals surface area contributed by atoms with Crippen LogP contribution in [0.4, 0.5) is 0 Å². The Bertz CT molecular complexity index is 174. The van der Waals surface area contributed by atoms with Crippen LogP contribution in [0.3, 0.4) is 0 Å². The van der Waals surface area contributed by atoms with Gasteiger partial charge in [-0.2, -0.15) is 0 Å². The number of carbonyl (C=O) groups excluding carboxylic acids is 2. The second-order valence-electron chi connectivity index (χ2n) is 1.87. The lowest BCUT2D eigenvalue weighted by Crippen LogP contribution is -2.17. The van der Waals surface area contributed by atoms with Crippen LogP contribution in [-0.2, 0) is 14.3 Å². The molecule has 0 aromatic carbocycles. The number of hydrogen-bond acceptors (Lipinski definition) is 4. The van der Waals surface area contributed by atoms with E-state index in [-0.39, 0.29) is 12.1 Å². The van der Waals surface area contributed by atoms with Crippen LogP contribution in [-0.4, -0.2) is 24.6 Å². The molecule has 0 aromatic rings. The lowest BCUT2D eigenvalue weighted by Gasteiger charge is -1.94. The van der Waals surface area contributed by atoms with Gasteiger partial charge in [-0.05, 0) is 6.92 Å². The Morgan fingerprint density at radius 1 is 1.50 bits per heavy atom.